The van der Waals surface area contributed by atoms with Gasteiger partial charge in [-0.15, -0.1) is 0 Å². The summed E-state index contributed by atoms with van der Waals surface area (Å²) in [6, 6.07) is 22.8. The van der Waals surface area contributed by atoms with Crippen LogP contribution in [0.1, 0.15) is 69.0 Å². The maximum Gasteiger partial charge on any atom is 0.260 e. The lowest BCUT2D eigenvalue weighted by atomic mass is 9.91. The molecule has 7 heteroatoms. The number of aryl methyl sites for hydroxylation is 1. The number of benzene rings is 3. The van der Waals surface area contributed by atoms with E-state index in [1.54, 1.807) is 28.0 Å². The molecule has 1 aromatic heterocycles. The monoisotopic (exact) mass is 490 g/mol. The van der Waals surface area contributed by atoms with Crippen molar-refractivity contribution in [3.63, 3.8) is 0 Å². The van der Waals surface area contributed by atoms with Crippen LogP contribution in [0.2, 0.25) is 0 Å². The van der Waals surface area contributed by atoms with Crippen molar-refractivity contribution in [1.82, 2.24) is 15.2 Å². The summed E-state index contributed by atoms with van der Waals surface area (Å²) in [5.74, 6) is -0.388. The fourth-order valence-electron chi connectivity index (χ4n) is 6.25. The minimum Gasteiger partial charge on any atom is -0.356 e. The molecule has 0 unspecified atom stereocenters. The Labute approximate surface area is 214 Å². The highest BCUT2D eigenvalue weighted by Crippen LogP contribution is 2.45. The van der Waals surface area contributed by atoms with Gasteiger partial charge >= 0.3 is 0 Å². The number of aromatic amines is 1. The van der Waals surface area contributed by atoms with Crippen LogP contribution in [0.25, 0.3) is 10.9 Å². The maximum atomic E-state index is 13.6. The predicted octanol–water partition coefficient (Wildman–Crippen LogP) is 4.87. The molecule has 0 spiro atoms. The first-order valence-corrected chi connectivity index (χ1v) is 12.8. The molecule has 3 amide bonds. The normalized spacial score (nSPS) is 19.9. The SMILES string of the molecule is O=C(CCN1C(=O)c2ccccc2N2C(=O)c3ccccc3[C@@H]12)N[C@H]1CCCc2c1[nH]c1ccccc21. The molecule has 3 aromatic carbocycles. The molecule has 7 rings (SSSR count). The quantitative estimate of drug-likeness (QED) is 0.428. The number of aromatic nitrogens is 1. The molecule has 2 atom stereocenters. The number of anilines is 1. The van der Waals surface area contributed by atoms with Crippen molar-refractivity contribution < 1.29 is 14.4 Å². The number of hydrogen-bond donors (Lipinski definition) is 2. The second-order valence-corrected chi connectivity index (χ2v) is 9.98. The van der Waals surface area contributed by atoms with Crippen LogP contribution < -0.4 is 10.2 Å². The van der Waals surface area contributed by atoms with Crippen LogP contribution in [0.15, 0.2) is 72.8 Å². The van der Waals surface area contributed by atoms with Gasteiger partial charge in [0, 0.05) is 40.7 Å². The van der Waals surface area contributed by atoms with Crippen LogP contribution in [0.4, 0.5) is 5.69 Å². The van der Waals surface area contributed by atoms with Gasteiger partial charge in [0.25, 0.3) is 11.8 Å². The van der Waals surface area contributed by atoms with Crippen LogP contribution in [0.3, 0.4) is 0 Å². The lowest BCUT2D eigenvalue weighted by Gasteiger charge is -2.40. The van der Waals surface area contributed by atoms with E-state index in [1.807, 2.05) is 42.5 Å². The molecule has 7 nitrogen and oxygen atoms in total. The zero-order valence-electron chi connectivity index (χ0n) is 20.2. The molecule has 0 saturated carbocycles. The fraction of sp³-hybridized carbons (Fsp3) is 0.233. The smallest absolute Gasteiger partial charge is 0.260 e. The molecule has 0 saturated heterocycles. The first kappa shape index (κ1) is 21.9. The number of fused-ring (bicyclic) bond motifs is 8. The number of para-hydroxylation sites is 2. The Morgan fingerprint density at radius 3 is 2.57 bits per heavy atom. The van der Waals surface area contributed by atoms with Crippen LogP contribution in [-0.4, -0.2) is 34.2 Å². The Hall–Kier alpha value is -4.39. The fourth-order valence-corrected chi connectivity index (χ4v) is 6.25. The van der Waals surface area contributed by atoms with Crippen molar-refractivity contribution in [3.05, 3.63) is 101 Å². The average molecular weight is 491 g/mol. The van der Waals surface area contributed by atoms with E-state index >= 15 is 0 Å². The summed E-state index contributed by atoms with van der Waals surface area (Å²) in [6.45, 7) is 0.216. The summed E-state index contributed by atoms with van der Waals surface area (Å²) < 4.78 is 0. The number of carbonyl (C=O) groups excluding carboxylic acids is 3. The largest absolute Gasteiger partial charge is 0.356 e. The van der Waals surface area contributed by atoms with Gasteiger partial charge in [-0.2, -0.15) is 0 Å². The van der Waals surface area contributed by atoms with Gasteiger partial charge in [-0.25, -0.2) is 0 Å². The van der Waals surface area contributed by atoms with E-state index in [0.717, 1.165) is 36.0 Å². The molecule has 3 aliphatic rings. The van der Waals surface area contributed by atoms with Gasteiger partial charge in [-0.05, 0) is 49.1 Å². The molecular weight excluding hydrogens is 464 g/mol. The first-order chi connectivity index (χ1) is 18.1. The second kappa shape index (κ2) is 8.34. The van der Waals surface area contributed by atoms with Gasteiger partial charge in [0.2, 0.25) is 5.91 Å². The Morgan fingerprint density at radius 1 is 0.919 bits per heavy atom. The summed E-state index contributed by atoms with van der Waals surface area (Å²) in [5.41, 5.74) is 5.96. The average Bonchev–Trinajstić information content (AvgIpc) is 3.45. The van der Waals surface area contributed by atoms with Crippen LogP contribution >= 0.6 is 0 Å². The van der Waals surface area contributed by atoms with Crippen molar-refractivity contribution in [2.45, 2.75) is 37.9 Å². The summed E-state index contributed by atoms with van der Waals surface area (Å²) in [5, 5.41) is 4.43. The summed E-state index contributed by atoms with van der Waals surface area (Å²) >= 11 is 0. The highest BCUT2D eigenvalue weighted by Gasteiger charge is 2.47. The van der Waals surface area contributed by atoms with E-state index in [2.05, 4.69) is 22.4 Å². The highest BCUT2D eigenvalue weighted by atomic mass is 16.2. The van der Waals surface area contributed by atoms with Gasteiger partial charge in [0.05, 0.1) is 17.3 Å². The number of amides is 3. The third kappa shape index (κ3) is 3.30. The van der Waals surface area contributed by atoms with Crippen molar-refractivity contribution in [2.75, 3.05) is 11.4 Å². The van der Waals surface area contributed by atoms with Gasteiger partial charge in [0.15, 0.2) is 0 Å². The number of nitrogens with one attached hydrogen (secondary N) is 2. The van der Waals surface area contributed by atoms with Gasteiger partial charge in [0.1, 0.15) is 6.17 Å². The zero-order chi connectivity index (χ0) is 25.1. The van der Waals surface area contributed by atoms with E-state index in [0.29, 0.717) is 16.8 Å². The van der Waals surface area contributed by atoms with Gasteiger partial charge < -0.3 is 15.2 Å². The van der Waals surface area contributed by atoms with Crippen LogP contribution in [-0.2, 0) is 11.2 Å². The molecule has 0 bridgehead atoms. The van der Waals surface area contributed by atoms with Crippen molar-refractivity contribution in [3.8, 4) is 0 Å². The Kier molecular flexibility index (Phi) is 4.92. The summed E-state index contributed by atoms with van der Waals surface area (Å²) in [7, 11) is 0. The molecule has 0 fully saturated rings. The maximum absolute atomic E-state index is 13.6. The lowest BCUT2D eigenvalue weighted by Crippen LogP contribution is -2.49. The number of hydrogen-bond acceptors (Lipinski definition) is 3. The summed E-state index contributed by atoms with van der Waals surface area (Å²) in [4.78, 5) is 47.0. The molecule has 2 N–H and O–H groups in total. The minimum absolute atomic E-state index is 0.0771. The molecule has 2 aliphatic heterocycles. The molecule has 4 aromatic rings. The Bertz CT molecular complexity index is 1590. The molecular formula is C30H26N4O3. The first-order valence-electron chi connectivity index (χ1n) is 12.8. The van der Waals surface area contributed by atoms with E-state index in [4.69, 9.17) is 0 Å². The minimum atomic E-state index is -0.547. The van der Waals surface area contributed by atoms with Gasteiger partial charge in [-0.1, -0.05) is 48.5 Å². The summed E-state index contributed by atoms with van der Waals surface area (Å²) in [6.07, 6.45) is 2.49. The van der Waals surface area contributed by atoms with Gasteiger partial charge in [-0.3, -0.25) is 19.3 Å². The topological polar surface area (TPSA) is 85.5 Å². The van der Waals surface area contributed by atoms with Crippen molar-refractivity contribution in [1.29, 1.82) is 0 Å². The number of H-pyrrole nitrogens is 1. The van der Waals surface area contributed by atoms with Crippen LogP contribution in [0, 0.1) is 0 Å². The van der Waals surface area contributed by atoms with E-state index in [1.165, 1.54) is 10.9 Å². The zero-order valence-corrected chi connectivity index (χ0v) is 20.2. The van der Waals surface area contributed by atoms with E-state index in [9.17, 15) is 14.4 Å². The second-order valence-electron chi connectivity index (χ2n) is 9.98. The number of nitrogens with zero attached hydrogens (tertiary/aromatic N) is 2. The third-order valence-electron chi connectivity index (χ3n) is 7.91. The molecule has 1 aliphatic carbocycles. The molecule has 37 heavy (non-hydrogen) atoms. The van der Waals surface area contributed by atoms with E-state index < -0.39 is 6.17 Å². The van der Waals surface area contributed by atoms with Crippen molar-refractivity contribution >= 4 is 34.3 Å². The van der Waals surface area contributed by atoms with Crippen molar-refractivity contribution in [2.24, 2.45) is 0 Å². The molecule has 184 valence electrons. The number of carbonyl (C=O) groups is 3. The van der Waals surface area contributed by atoms with Crippen LogP contribution in [0.5, 0.6) is 0 Å². The standard InChI is InChI=1S/C30H26N4O3/c35-26(31-24-14-7-12-19-18-8-3-5-13-23(18)32-27(19)24)16-17-33-28-20-9-1-2-10-21(20)30(37)34(28)25-15-6-4-11-22(25)29(33)36/h1-6,8-11,13,15,24,28,32H,7,12,14,16-17H2,(H,31,35)/t24-,28-/m0/s1. The molecule has 0 radical (unpaired) electrons. The lowest BCUT2D eigenvalue weighted by molar-refractivity contribution is -0.122. The van der Waals surface area contributed by atoms with E-state index in [-0.39, 0.29) is 36.7 Å². The Balaban J connectivity index is 1.15. The predicted molar refractivity (Wildman–Crippen MR) is 140 cm³/mol. The molecule has 3 heterocycles. The Morgan fingerprint density at radius 2 is 1.68 bits per heavy atom. The highest BCUT2D eigenvalue weighted by molar-refractivity contribution is 6.16. The third-order valence-corrected chi connectivity index (χ3v) is 7.91. The number of rotatable bonds is 4.